The average Bonchev–Trinajstić information content (AvgIpc) is 3.26. The molecule has 136 valence electrons. The molecule has 0 radical (unpaired) electrons. The van der Waals surface area contributed by atoms with Crippen LogP contribution >= 0.6 is 0 Å². The first-order valence-corrected chi connectivity index (χ1v) is 9.86. The first-order chi connectivity index (χ1) is 12.7. The Kier molecular flexibility index (Phi) is 5.07. The Labute approximate surface area is 156 Å². The van der Waals surface area contributed by atoms with Gasteiger partial charge in [0.05, 0.1) is 0 Å². The van der Waals surface area contributed by atoms with Crippen molar-refractivity contribution >= 4 is 5.91 Å². The van der Waals surface area contributed by atoms with E-state index in [-0.39, 0.29) is 0 Å². The number of likely N-dealkylation sites (tertiary alicyclic amines) is 1. The summed E-state index contributed by atoms with van der Waals surface area (Å²) in [6.45, 7) is 5.80. The minimum atomic E-state index is 0.326. The maximum Gasteiger partial charge on any atom is 0.222 e. The summed E-state index contributed by atoms with van der Waals surface area (Å²) in [7, 11) is 0. The van der Waals surface area contributed by atoms with E-state index in [1.165, 1.54) is 28.7 Å². The number of carbonyl (C=O) groups is 1. The number of hydrogen-bond donors (Lipinski definition) is 0. The molecule has 0 saturated carbocycles. The van der Waals surface area contributed by atoms with Gasteiger partial charge in [-0.2, -0.15) is 0 Å². The van der Waals surface area contributed by atoms with Crippen molar-refractivity contribution in [3.63, 3.8) is 0 Å². The van der Waals surface area contributed by atoms with Crippen molar-refractivity contribution in [2.24, 2.45) is 0 Å². The zero-order valence-corrected chi connectivity index (χ0v) is 15.7. The maximum atomic E-state index is 12.0. The molecule has 1 unspecified atom stereocenters. The summed E-state index contributed by atoms with van der Waals surface area (Å²) in [5, 5.41) is 0. The summed E-state index contributed by atoms with van der Waals surface area (Å²) in [5.74, 6) is 0.326. The summed E-state index contributed by atoms with van der Waals surface area (Å²) in [6, 6.07) is 18.2. The van der Waals surface area contributed by atoms with Crippen LogP contribution in [0.25, 0.3) is 0 Å². The zero-order valence-electron chi connectivity index (χ0n) is 15.7. The summed E-state index contributed by atoms with van der Waals surface area (Å²) < 4.78 is 0. The van der Waals surface area contributed by atoms with Gasteiger partial charge in [0.25, 0.3) is 0 Å². The summed E-state index contributed by atoms with van der Waals surface area (Å²) in [6.07, 6.45) is 4.08. The second-order valence-electron chi connectivity index (χ2n) is 7.69. The van der Waals surface area contributed by atoms with Crippen molar-refractivity contribution in [1.82, 2.24) is 9.80 Å². The normalized spacial score (nSPS) is 19.4. The van der Waals surface area contributed by atoms with Crippen LogP contribution in [0.2, 0.25) is 0 Å². The van der Waals surface area contributed by atoms with Gasteiger partial charge in [-0.15, -0.1) is 0 Å². The highest BCUT2D eigenvalue weighted by atomic mass is 16.2. The largest absolute Gasteiger partial charge is 0.341 e. The van der Waals surface area contributed by atoms with Gasteiger partial charge in [0.1, 0.15) is 0 Å². The highest BCUT2D eigenvalue weighted by Gasteiger charge is 2.29. The van der Waals surface area contributed by atoms with E-state index in [2.05, 4.69) is 60.4 Å². The molecule has 26 heavy (non-hydrogen) atoms. The Morgan fingerprint density at radius 1 is 1.08 bits per heavy atom. The number of nitrogens with zero attached hydrogens (tertiary/aromatic N) is 2. The SMILES string of the molecule is Cc1ccc(CN(CCN2CCCC2=O)C2CCc3ccccc32)cc1. The van der Waals surface area contributed by atoms with Crippen molar-refractivity contribution in [1.29, 1.82) is 0 Å². The number of aryl methyl sites for hydroxylation is 2. The number of benzene rings is 2. The molecule has 4 rings (SSSR count). The zero-order chi connectivity index (χ0) is 17.9. The van der Waals surface area contributed by atoms with E-state index >= 15 is 0 Å². The van der Waals surface area contributed by atoms with Gasteiger partial charge >= 0.3 is 0 Å². The van der Waals surface area contributed by atoms with E-state index in [0.29, 0.717) is 11.9 Å². The summed E-state index contributed by atoms with van der Waals surface area (Å²) in [5.41, 5.74) is 5.62. The minimum Gasteiger partial charge on any atom is -0.341 e. The summed E-state index contributed by atoms with van der Waals surface area (Å²) >= 11 is 0. The topological polar surface area (TPSA) is 23.6 Å². The Bertz CT molecular complexity index is 768. The van der Waals surface area contributed by atoms with Crippen molar-refractivity contribution in [3.05, 3.63) is 70.8 Å². The van der Waals surface area contributed by atoms with Crippen molar-refractivity contribution in [3.8, 4) is 0 Å². The minimum absolute atomic E-state index is 0.326. The molecule has 1 heterocycles. The predicted octanol–water partition coefficient (Wildman–Crippen LogP) is 4.11. The number of amides is 1. The first kappa shape index (κ1) is 17.3. The van der Waals surface area contributed by atoms with Crippen molar-refractivity contribution in [2.45, 2.75) is 45.2 Å². The maximum absolute atomic E-state index is 12.0. The van der Waals surface area contributed by atoms with Gasteiger partial charge in [-0.05, 0) is 42.9 Å². The van der Waals surface area contributed by atoms with Gasteiger partial charge in [-0.1, -0.05) is 54.1 Å². The lowest BCUT2D eigenvalue weighted by Crippen LogP contribution is -2.37. The molecule has 2 aromatic rings. The third-order valence-corrected chi connectivity index (χ3v) is 5.88. The molecule has 1 fully saturated rings. The van der Waals surface area contributed by atoms with Gasteiger partial charge in [0.2, 0.25) is 5.91 Å². The first-order valence-electron chi connectivity index (χ1n) is 9.86. The molecule has 2 aliphatic rings. The third-order valence-electron chi connectivity index (χ3n) is 5.88. The number of rotatable bonds is 6. The van der Waals surface area contributed by atoms with E-state index in [4.69, 9.17) is 0 Å². The van der Waals surface area contributed by atoms with Crippen LogP contribution in [-0.4, -0.2) is 35.3 Å². The Balaban J connectivity index is 1.52. The molecule has 0 N–H and O–H groups in total. The molecule has 1 aliphatic heterocycles. The Morgan fingerprint density at radius 2 is 1.88 bits per heavy atom. The van der Waals surface area contributed by atoms with Gasteiger partial charge in [0.15, 0.2) is 0 Å². The number of hydrogen-bond acceptors (Lipinski definition) is 2. The van der Waals surface area contributed by atoms with Crippen LogP contribution in [0.15, 0.2) is 48.5 Å². The van der Waals surface area contributed by atoms with E-state index in [1.807, 2.05) is 4.90 Å². The van der Waals surface area contributed by atoms with Crippen LogP contribution in [-0.2, 0) is 17.8 Å². The fourth-order valence-electron chi connectivity index (χ4n) is 4.38. The highest BCUT2D eigenvalue weighted by molar-refractivity contribution is 5.78. The molecule has 2 aromatic carbocycles. The van der Waals surface area contributed by atoms with Crippen molar-refractivity contribution in [2.75, 3.05) is 19.6 Å². The van der Waals surface area contributed by atoms with Crippen LogP contribution in [0.4, 0.5) is 0 Å². The molecule has 0 bridgehead atoms. The molecule has 0 aromatic heterocycles. The predicted molar refractivity (Wildman–Crippen MR) is 105 cm³/mol. The van der Waals surface area contributed by atoms with Gasteiger partial charge in [-0.3, -0.25) is 9.69 Å². The fourth-order valence-corrected chi connectivity index (χ4v) is 4.38. The van der Waals surface area contributed by atoms with Crippen LogP contribution in [0.1, 0.15) is 47.6 Å². The second-order valence-corrected chi connectivity index (χ2v) is 7.69. The molecule has 1 aliphatic carbocycles. The average molecular weight is 348 g/mol. The number of fused-ring (bicyclic) bond motifs is 1. The second kappa shape index (κ2) is 7.63. The fraction of sp³-hybridized carbons (Fsp3) is 0.435. The van der Waals surface area contributed by atoms with E-state index in [0.717, 1.165) is 45.4 Å². The third kappa shape index (κ3) is 3.68. The molecule has 0 spiro atoms. The van der Waals surface area contributed by atoms with Crippen LogP contribution < -0.4 is 0 Å². The molecule has 3 heteroatoms. The molecule has 1 saturated heterocycles. The molecule has 3 nitrogen and oxygen atoms in total. The smallest absolute Gasteiger partial charge is 0.222 e. The van der Waals surface area contributed by atoms with Gasteiger partial charge in [-0.25, -0.2) is 0 Å². The Morgan fingerprint density at radius 3 is 2.65 bits per heavy atom. The standard InChI is InChI=1S/C23H28N2O/c1-18-8-10-19(11-9-18)17-25(16-15-24-14-4-7-23(24)26)22-13-12-20-5-2-3-6-21(20)22/h2-3,5-6,8-11,22H,4,7,12-17H2,1H3. The summed E-state index contributed by atoms with van der Waals surface area (Å²) in [4.78, 5) is 16.6. The lowest BCUT2D eigenvalue weighted by molar-refractivity contribution is -0.127. The number of carbonyl (C=O) groups excluding carboxylic acids is 1. The van der Waals surface area contributed by atoms with Gasteiger partial charge in [0, 0.05) is 38.6 Å². The van der Waals surface area contributed by atoms with Crippen LogP contribution in [0.3, 0.4) is 0 Å². The monoisotopic (exact) mass is 348 g/mol. The van der Waals surface area contributed by atoms with E-state index in [9.17, 15) is 4.79 Å². The lowest BCUT2D eigenvalue weighted by Gasteiger charge is -2.31. The molecular weight excluding hydrogens is 320 g/mol. The Hall–Kier alpha value is -2.13. The van der Waals surface area contributed by atoms with Crippen molar-refractivity contribution < 1.29 is 4.79 Å². The molecule has 1 amide bonds. The van der Waals surface area contributed by atoms with Gasteiger partial charge < -0.3 is 4.90 Å². The van der Waals surface area contributed by atoms with E-state index < -0.39 is 0 Å². The van der Waals surface area contributed by atoms with Crippen LogP contribution in [0.5, 0.6) is 0 Å². The molecule has 1 atom stereocenters. The van der Waals surface area contributed by atoms with Crippen LogP contribution in [0, 0.1) is 6.92 Å². The van der Waals surface area contributed by atoms with E-state index in [1.54, 1.807) is 0 Å². The lowest BCUT2D eigenvalue weighted by atomic mass is 10.1. The highest BCUT2D eigenvalue weighted by Crippen LogP contribution is 2.36. The quantitative estimate of drug-likeness (QED) is 0.784. The molecular formula is C23H28N2O.